The summed E-state index contributed by atoms with van der Waals surface area (Å²) in [6.07, 6.45) is 0. The normalized spacial score (nSPS) is 11.7. The van der Waals surface area contributed by atoms with E-state index in [1.807, 2.05) is 0 Å². The summed E-state index contributed by atoms with van der Waals surface area (Å²) in [5.41, 5.74) is -0.0325. The van der Waals surface area contributed by atoms with Crippen LogP contribution in [0.4, 0.5) is 11.5 Å². The Morgan fingerprint density at radius 1 is 1.19 bits per heavy atom. The van der Waals surface area contributed by atoms with Gasteiger partial charge < -0.3 is 15.2 Å². The molecule has 1 aromatic carbocycles. The average Bonchev–Trinajstić information content (AvgIpc) is 2.91. The van der Waals surface area contributed by atoms with Gasteiger partial charge in [-0.1, -0.05) is 25.9 Å². The minimum absolute atomic E-state index is 0.0494. The third-order valence-electron chi connectivity index (χ3n) is 3.20. The zero-order chi connectivity index (χ0) is 19.5. The highest BCUT2D eigenvalue weighted by Crippen LogP contribution is 2.18. The van der Waals surface area contributed by atoms with Crippen LogP contribution in [0.5, 0.6) is 0 Å². The van der Waals surface area contributed by atoms with Crippen LogP contribution in [0.15, 0.2) is 39.8 Å². The Kier molecular flexibility index (Phi) is 5.67. The van der Waals surface area contributed by atoms with Gasteiger partial charge in [0.25, 0.3) is 10.0 Å². The van der Waals surface area contributed by atoms with Crippen molar-refractivity contribution in [1.29, 1.82) is 0 Å². The predicted octanol–water partition coefficient (Wildman–Crippen LogP) is 2.64. The summed E-state index contributed by atoms with van der Waals surface area (Å²) in [5.74, 6) is 0.380. The van der Waals surface area contributed by atoms with Gasteiger partial charge in [0.1, 0.15) is 5.76 Å². The molecule has 0 aliphatic rings. The van der Waals surface area contributed by atoms with Crippen LogP contribution >= 0.6 is 12.2 Å². The van der Waals surface area contributed by atoms with Crippen molar-refractivity contribution >= 4 is 44.8 Å². The van der Waals surface area contributed by atoms with Gasteiger partial charge in [-0.05, 0) is 43.4 Å². The number of hydrogen-bond donors (Lipinski definition) is 3. The molecule has 0 saturated carbocycles. The summed E-state index contributed by atoms with van der Waals surface area (Å²) < 4.78 is 31.8. The summed E-state index contributed by atoms with van der Waals surface area (Å²) in [6.45, 7) is 6.97. The number of benzene rings is 1. The number of carbonyl (C=O) groups is 1. The first kappa shape index (κ1) is 19.9. The fraction of sp³-hybridized carbons (Fsp3) is 0.312. The van der Waals surface area contributed by atoms with Crippen molar-refractivity contribution in [3.63, 3.8) is 0 Å². The molecule has 1 amide bonds. The van der Waals surface area contributed by atoms with Crippen molar-refractivity contribution in [3.05, 3.63) is 36.1 Å². The first-order valence-corrected chi connectivity index (χ1v) is 9.55. The molecule has 0 fully saturated rings. The second kappa shape index (κ2) is 7.42. The maximum atomic E-state index is 12.3. The molecule has 10 heteroatoms. The van der Waals surface area contributed by atoms with E-state index in [2.05, 4.69) is 20.5 Å². The molecular formula is C16H20N4O4S2. The number of thiocarbonyl (C=S) groups is 1. The zero-order valence-electron chi connectivity index (χ0n) is 14.8. The van der Waals surface area contributed by atoms with Crippen LogP contribution in [0, 0.1) is 12.3 Å². The summed E-state index contributed by atoms with van der Waals surface area (Å²) >= 11 is 5.08. The van der Waals surface area contributed by atoms with Gasteiger partial charge in [-0.25, -0.2) is 8.42 Å². The topological polar surface area (TPSA) is 113 Å². The molecular weight excluding hydrogens is 376 g/mol. The predicted molar refractivity (Wildman–Crippen MR) is 102 cm³/mol. The highest BCUT2D eigenvalue weighted by molar-refractivity contribution is 7.92. The van der Waals surface area contributed by atoms with Crippen molar-refractivity contribution < 1.29 is 17.7 Å². The number of aromatic nitrogens is 1. The lowest BCUT2D eigenvalue weighted by atomic mass is 9.96. The minimum Gasteiger partial charge on any atom is -0.360 e. The number of amides is 1. The minimum atomic E-state index is -3.79. The second-order valence-corrected chi connectivity index (χ2v) is 8.70. The van der Waals surface area contributed by atoms with E-state index in [1.165, 1.54) is 30.3 Å². The fourth-order valence-corrected chi connectivity index (χ4v) is 2.98. The molecule has 0 unspecified atom stereocenters. The van der Waals surface area contributed by atoms with E-state index in [-0.39, 0.29) is 21.7 Å². The smallest absolute Gasteiger partial charge is 0.263 e. The number of aryl methyl sites for hydroxylation is 1. The number of nitrogens with one attached hydrogen (secondary N) is 3. The number of hydrogen-bond acceptors (Lipinski definition) is 6. The molecule has 0 bridgehead atoms. The van der Waals surface area contributed by atoms with E-state index in [4.69, 9.17) is 16.7 Å². The molecule has 2 rings (SSSR count). The Morgan fingerprint density at radius 2 is 1.81 bits per heavy atom. The molecule has 0 atom stereocenters. The molecule has 2 aromatic rings. The Hall–Kier alpha value is -2.46. The van der Waals surface area contributed by atoms with E-state index in [1.54, 1.807) is 27.7 Å². The number of anilines is 2. The van der Waals surface area contributed by atoms with Crippen LogP contribution in [0.25, 0.3) is 0 Å². The summed E-state index contributed by atoms with van der Waals surface area (Å²) in [6, 6.07) is 7.37. The molecule has 0 saturated heterocycles. The van der Waals surface area contributed by atoms with Crippen molar-refractivity contribution in [2.24, 2.45) is 5.41 Å². The average molecular weight is 396 g/mol. The number of rotatable bonds is 4. The van der Waals surface area contributed by atoms with Crippen LogP contribution in [0.2, 0.25) is 0 Å². The summed E-state index contributed by atoms with van der Waals surface area (Å²) in [5, 5.41) is 9.15. The van der Waals surface area contributed by atoms with E-state index in [0.29, 0.717) is 11.4 Å². The molecule has 0 spiro atoms. The van der Waals surface area contributed by atoms with Gasteiger partial charge in [0.15, 0.2) is 10.9 Å². The van der Waals surface area contributed by atoms with Gasteiger partial charge in [0, 0.05) is 17.2 Å². The van der Waals surface area contributed by atoms with Crippen molar-refractivity contribution in [2.75, 3.05) is 10.0 Å². The Balaban J connectivity index is 2.03. The number of sulfonamides is 1. The van der Waals surface area contributed by atoms with E-state index in [0.717, 1.165) is 0 Å². The molecule has 0 aliphatic heterocycles. The van der Waals surface area contributed by atoms with Crippen molar-refractivity contribution in [2.45, 2.75) is 32.6 Å². The summed E-state index contributed by atoms with van der Waals surface area (Å²) in [4.78, 5) is 11.9. The highest BCUT2D eigenvalue weighted by Gasteiger charge is 2.22. The van der Waals surface area contributed by atoms with Crippen LogP contribution in [0.1, 0.15) is 26.5 Å². The second-order valence-electron chi connectivity index (χ2n) is 6.61. The molecule has 26 heavy (non-hydrogen) atoms. The van der Waals surface area contributed by atoms with Gasteiger partial charge in [-0.15, -0.1) is 0 Å². The van der Waals surface area contributed by atoms with Gasteiger partial charge in [-0.2, -0.15) is 0 Å². The van der Waals surface area contributed by atoms with Crippen molar-refractivity contribution in [1.82, 2.24) is 10.5 Å². The monoisotopic (exact) mass is 396 g/mol. The number of carbonyl (C=O) groups excluding carboxylic acids is 1. The van der Waals surface area contributed by atoms with Crippen LogP contribution in [-0.2, 0) is 14.8 Å². The first-order valence-electron chi connectivity index (χ1n) is 7.66. The van der Waals surface area contributed by atoms with E-state index < -0.39 is 15.4 Å². The molecule has 8 nitrogen and oxygen atoms in total. The third-order valence-corrected chi connectivity index (χ3v) is 4.77. The van der Waals surface area contributed by atoms with Crippen LogP contribution in [-0.4, -0.2) is 24.6 Å². The van der Waals surface area contributed by atoms with E-state index in [9.17, 15) is 13.2 Å². The van der Waals surface area contributed by atoms with Gasteiger partial charge in [0.05, 0.1) is 4.90 Å². The molecule has 1 aromatic heterocycles. The van der Waals surface area contributed by atoms with Crippen molar-refractivity contribution in [3.8, 4) is 0 Å². The fourth-order valence-electron chi connectivity index (χ4n) is 1.78. The van der Waals surface area contributed by atoms with Gasteiger partial charge in [-0.3, -0.25) is 9.52 Å². The first-order chi connectivity index (χ1) is 12.0. The maximum absolute atomic E-state index is 12.3. The SMILES string of the molecule is Cc1cc(NS(=O)(=O)c2ccc(NC(=S)NC(=O)C(C)(C)C)cc2)no1. The quantitative estimate of drug-likeness (QED) is 0.681. The lowest BCUT2D eigenvalue weighted by Gasteiger charge is -2.18. The Bertz CT molecular complexity index is 912. The lowest BCUT2D eigenvalue weighted by Crippen LogP contribution is -2.41. The van der Waals surface area contributed by atoms with Gasteiger partial charge in [0.2, 0.25) is 5.91 Å². The number of nitrogens with zero attached hydrogens (tertiary/aromatic N) is 1. The van der Waals surface area contributed by atoms with Gasteiger partial charge >= 0.3 is 0 Å². The zero-order valence-corrected chi connectivity index (χ0v) is 16.4. The highest BCUT2D eigenvalue weighted by atomic mass is 32.2. The van der Waals surface area contributed by atoms with E-state index >= 15 is 0 Å². The third kappa shape index (κ3) is 5.27. The van der Waals surface area contributed by atoms with Crippen LogP contribution in [0.3, 0.4) is 0 Å². The standard InChI is InChI=1S/C16H20N4O4S2/c1-10-9-13(19-24-10)20-26(22,23)12-7-5-11(6-8-12)17-15(25)18-14(21)16(2,3)4/h5-9H,1-4H3,(H,19,20)(H2,17,18,21,25). The largest absolute Gasteiger partial charge is 0.360 e. The molecule has 0 radical (unpaired) electrons. The molecule has 0 aliphatic carbocycles. The Morgan fingerprint density at radius 3 is 2.31 bits per heavy atom. The Labute approximate surface area is 157 Å². The lowest BCUT2D eigenvalue weighted by molar-refractivity contribution is -0.126. The molecule has 1 heterocycles. The summed E-state index contributed by atoms with van der Waals surface area (Å²) in [7, 11) is -3.79. The molecule has 3 N–H and O–H groups in total. The van der Waals surface area contributed by atoms with Crippen LogP contribution < -0.4 is 15.4 Å². The molecule has 140 valence electrons. The maximum Gasteiger partial charge on any atom is 0.263 e.